The summed E-state index contributed by atoms with van der Waals surface area (Å²) >= 11 is 7.14. The van der Waals surface area contributed by atoms with E-state index in [9.17, 15) is 18.0 Å². The molecule has 0 aliphatic carbocycles. The Kier molecular flexibility index (Phi) is 6.96. The Balaban J connectivity index is 1.72. The lowest BCUT2D eigenvalue weighted by Gasteiger charge is -2.31. The number of thioether (sulfide) groups is 1. The minimum absolute atomic E-state index is 0.00852. The van der Waals surface area contributed by atoms with Crippen LogP contribution < -0.4 is 0 Å². The minimum atomic E-state index is -4.59. The van der Waals surface area contributed by atoms with Gasteiger partial charge in [-0.1, -0.05) is 47.6 Å². The average molecular weight is 497 g/mol. The van der Waals surface area contributed by atoms with Crippen molar-refractivity contribution in [3.05, 3.63) is 59.1 Å². The summed E-state index contributed by atoms with van der Waals surface area (Å²) in [5.41, 5.74) is -0.449. The molecule has 0 saturated carbocycles. The Bertz CT molecular complexity index is 1150. The Morgan fingerprint density at radius 1 is 1.21 bits per heavy atom. The van der Waals surface area contributed by atoms with E-state index in [0.29, 0.717) is 30.3 Å². The number of amides is 1. The molecule has 1 unspecified atom stereocenters. The first-order valence-electron chi connectivity index (χ1n) is 10.1. The first-order valence-corrected chi connectivity index (χ1v) is 11.5. The van der Waals surface area contributed by atoms with Crippen LogP contribution in [0.5, 0.6) is 0 Å². The fourth-order valence-electron chi connectivity index (χ4n) is 3.57. The van der Waals surface area contributed by atoms with Crippen molar-refractivity contribution in [2.24, 2.45) is 0 Å². The van der Waals surface area contributed by atoms with Gasteiger partial charge in [0.1, 0.15) is 0 Å². The number of hydrogen-bond donors (Lipinski definition) is 0. The van der Waals surface area contributed by atoms with E-state index in [0.717, 1.165) is 17.8 Å². The summed E-state index contributed by atoms with van der Waals surface area (Å²) < 4.78 is 48.2. The van der Waals surface area contributed by atoms with Gasteiger partial charge in [-0.05, 0) is 31.2 Å². The maximum Gasteiger partial charge on any atom is 0.418 e. The summed E-state index contributed by atoms with van der Waals surface area (Å²) in [6, 6.07) is 11.8. The van der Waals surface area contributed by atoms with E-state index in [1.165, 1.54) is 22.8 Å². The van der Waals surface area contributed by atoms with Gasteiger partial charge in [0.05, 0.1) is 29.7 Å². The lowest BCUT2D eigenvalue weighted by Crippen LogP contribution is -2.45. The number of ether oxygens (including phenoxy) is 1. The second-order valence-corrected chi connectivity index (χ2v) is 8.86. The highest BCUT2D eigenvalue weighted by Crippen LogP contribution is 2.37. The average Bonchev–Trinajstić information content (AvgIpc) is 3.21. The third kappa shape index (κ3) is 5.34. The van der Waals surface area contributed by atoms with Crippen molar-refractivity contribution in [3.63, 3.8) is 0 Å². The number of morpholine rings is 1. The summed E-state index contributed by atoms with van der Waals surface area (Å²) in [7, 11) is 0. The molecule has 2 aromatic carbocycles. The molecule has 33 heavy (non-hydrogen) atoms. The number of halogens is 4. The molecule has 174 valence electrons. The van der Waals surface area contributed by atoms with Crippen molar-refractivity contribution >= 4 is 29.3 Å². The fourth-order valence-corrected chi connectivity index (χ4v) is 4.60. The molecule has 2 heterocycles. The monoisotopic (exact) mass is 496 g/mol. The number of benzene rings is 2. The number of nitrogens with zero attached hydrogens (tertiary/aromatic N) is 4. The molecule has 11 heteroatoms. The van der Waals surface area contributed by atoms with Crippen molar-refractivity contribution < 1.29 is 22.7 Å². The standard InChI is InChI=1S/C22H20ClF3N4O2S/c1-14-12-29(9-10-32-14)19(31)13-33-21-28-27-20(15-5-4-6-16(23)11-15)30(21)18-8-3-2-7-17(18)22(24,25)26/h2-8,11,14H,9-10,12-13H2,1H3. The predicted molar refractivity (Wildman–Crippen MR) is 120 cm³/mol. The van der Waals surface area contributed by atoms with Gasteiger partial charge in [0.2, 0.25) is 5.91 Å². The first kappa shape index (κ1) is 23.6. The van der Waals surface area contributed by atoms with E-state index >= 15 is 0 Å². The number of aromatic nitrogens is 3. The van der Waals surface area contributed by atoms with Crippen LogP contribution in [0.4, 0.5) is 13.2 Å². The predicted octanol–water partition coefficient (Wildman–Crippen LogP) is 4.95. The molecule has 1 aliphatic heterocycles. The minimum Gasteiger partial charge on any atom is -0.375 e. The van der Waals surface area contributed by atoms with Gasteiger partial charge >= 0.3 is 6.18 Å². The molecule has 6 nitrogen and oxygen atoms in total. The largest absolute Gasteiger partial charge is 0.418 e. The van der Waals surface area contributed by atoms with Gasteiger partial charge in [-0.2, -0.15) is 13.2 Å². The number of alkyl halides is 3. The van der Waals surface area contributed by atoms with E-state index in [2.05, 4.69) is 10.2 Å². The van der Waals surface area contributed by atoms with E-state index in [1.807, 2.05) is 6.92 Å². The van der Waals surface area contributed by atoms with Crippen LogP contribution in [0.25, 0.3) is 17.1 Å². The zero-order valence-electron chi connectivity index (χ0n) is 17.6. The van der Waals surface area contributed by atoms with E-state index in [1.54, 1.807) is 29.2 Å². The Hall–Kier alpha value is -2.56. The molecule has 0 radical (unpaired) electrons. The molecule has 1 aliphatic rings. The number of carbonyl (C=O) groups excluding carboxylic acids is 1. The normalized spacial score (nSPS) is 16.8. The molecule has 1 amide bonds. The molecule has 4 rings (SSSR count). The van der Waals surface area contributed by atoms with Gasteiger partial charge in [0.25, 0.3) is 0 Å². The van der Waals surface area contributed by atoms with Crippen molar-refractivity contribution in [1.82, 2.24) is 19.7 Å². The first-order chi connectivity index (χ1) is 15.7. The van der Waals surface area contributed by atoms with Crippen LogP contribution in [-0.2, 0) is 15.7 Å². The lowest BCUT2D eigenvalue weighted by atomic mass is 10.1. The molecule has 3 aromatic rings. The molecule has 1 saturated heterocycles. The summed E-state index contributed by atoms with van der Waals surface area (Å²) in [5, 5.41) is 8.87. The molecule has 0 bridgehead atoms. The molecule has 1 aromatic heterocycles. The molecular weight excluding hydrogens is 477 g/mol. The molecule has 1 fully saturated rings. The smallest absolute Gasteiger partial charge is 0.375 e. The second-order valence-electron chi connectivity index (χ2n) is 7.48. The summed E-state index contributed by atoms with van der Waals surface area (Å²) in [5.74, 6) is 0.0662. The maximum absolute atomic E-state index is 13.8. The maximum atomic E-state index is 13.8. The van der Waals surface area contributed by atoms with Crippen molar-refractivity contribution in [2.75, 3.05) is 25.4 Å². The van der Waals surface area contributed by atoms with Crippen LogP contribution >= 0.6 is 23.4 Å². The Labute approximate surface area is 197 Å². The van der Waals surface area contributed by atoms with Crippen LogP contribution in [-0.4, -0.2) is 57.1 Å². The number of para-hydroxylation sites is 1. The fraction of sp³-hybridized carbons (Fsp3) is 0.318. The van der Waals surface area contributed by atoms with Crippen LogP contribution in [0.3, 0.4) is 0 Å². The van der Waals surface area contributed by atoms with Crippen molar-refractivity contribution in [1.29, 1.82) is 0 Å². The van der Waals surface area contributed by atoms with E-state index in [-0.39, 0.29) is 34.4 Å². The van der Waals surface area contributed by atoms with Crippen molar-refractivity contribution in [3.8, 4) is 17.1 Å². The second kappa shape index (κ2) is 9.74. The molecule has 0 N–H and O–H groups in total. The van der Waals surface area contributed by atoms with Gasteiger partial charge in [0, 0.05) is 23.7 Å². The summed E-state index contributed by atoms with van der Waals surface area (Å²) in [6.07, 6.45) is -4.65. The molecule has 1 atom stereocenters. The lowest BCUT2D eigenvalue weighted by molar-refractivity contribution is -0.137. The molecular formula is C22H20ClF3N4O2S. The van der Waals surface area contributed by atoms with Crippen molar-refractivity contribution in [2.45, 2.75) is 24.4 Å². The van der Waals surface area contributed by atoms with Crippen LogP contribution in [0, 0.1) is 0 Å². The summed E-state index contributed by atoms with van der Waals surface area (Å²) in [6.45, 7) is 3.28. The highest BCUT2D eigenvalue weighted by atomic mass is 35.5. The third-order valence-electron chi connectivity index (χ3n) is 5.09. The van der Waals surface area contributed by atoms with Gasteiger partial charge in [0.15, 0.2) is 11.0 Å². The zero-order valence-corrected chi connectivity index (χ0v) is 19.1. The third-order valence-corrected chi connectivity index (χ3v) is 6.23. The number of rotatable bonds is 5. The van der Waals surface area contributed by atoms with E-state index < -0.39 is 11.7 Å². The number of carbonyl (C=O) groups is 1. The SMILES string of the molecule is CC1CN(C(=O)CSc2nnc(-c3cccc(Cl)c3)n2-c2ccccc2C(F)(F)F)CCO1. The quantitative estimate of drug-likeness (QED) is 0.468. The topological polar surface area (TPSA) is 60.2 Å². The van der Waals surface area contributed by atoms with Gasteiger partial charge in [-0.3, -0.25) is 9.36 Å². The van der Waals surface area contributed by atoms with Gasteiger partial charge in [-0.15, -0.1) is 10.2 Å². The van der Waals surface area contributed by atoms with Crippen LogP contribution in [0.2, 0.25) is 5.02 Å². The van der Waals surface area contributed by atoms with Crippen LogP contribution in [0.1, 0.15) is 12.5 Å². The highest BCUT2D eigenvalue weighted by molar-refractivity contribution is 7.99. The number of hydrogen-bond acceptors (Lipinski definition) is 5. The zero-order chi connectivity index (χ0) is 23.6. The van der Waals surface area contributed by atoms with E-state index in [4.69, 9.17) is 16.3 Å². The summed E-state index contributed by atoms with van der Waals surface area (Å²) in [4.78, 5) is 14.4. The van der Waals surface area contributed by atoms with Gasteiger partial charge in [-0.25, -0.2) is 0 Å². The molecule has 0 spiro atoms. The highest BCUT2D eigenvalue weighted by Gasteiger charge is 2.35. The van der Waals surface area contributed by atoms with Gasteiger partial charge < -0.3 is 9.64 Å². The Morgan fingerprint density at radius 3 is 2.73 bits per heavy atom. The van der Waals surface area contributed by atoms with Crippen LogP contribution in [0.15, 0.2) is 53.7 Å². The Morgan fingerprint density at radius 2 is 2.00 bits per heavy atom.